The van der Waals surface area contributed by atoms with Gasteiger partial charge in [0.15, 0.2) is 0 Å². The highest BCUT2D eigenvalue weighted by molar-refractivity contribution is 5.88. The van der Waals surface area contributed by atoms with Crippen molar-refractivity contribution in [2.24, 2.45) is 0 Å². The number of urea groups is 1. The Morgan fingerprint density at radius 3 is 2.86 bits per heavy atom. The molecule has 0 fully saturated rings. The number of amides is 2. The van der Waals surface area contributed by atoms with Crippen molar-refractivity contribution in [2.45, 2.75) is 32.4 Å². The van der Waals surface area contributed by atoms with Gasteiger partial charge in [0.2, 0.25) is 0 Å². The van der Waals surface area contributed by atoms with Gasteiger partial charge in [-0.25, -0.2) is 4.79 Å². The van der Waals surface area contributed by atoms with E-state index < -0.39 is 6.10 Å². The standard InChI is InChI=1S/C16H22N4O2/c1-2-10-20-12-14(11-18-20)19-16(22)17-9-8-15(21)13-6-4-3-5-7-13/h3-7,11-12,15,21H,2,8-10H2,1H3,(H2,17,19,22). The zero-order valence-corrected chi connectivity index (χ0v) is 12.7. The molecule has 22 heavy (non-hydrogen) atoms. The van der Waals surface area contributed by atoms with Gasteiger partial charge in [-0.2, -0.15) is 5.10 Å². The van der Waals surface area contributed by atoms with E-state index in [1.54, 1.807) is 17.1 Å². The Morgan fingerprint density at radius 1 is 1.36 bits per heavy atom. The molecule has 0 aliphatic rings. The molecular weight excluding hydrogens is 280 g/mol. The lowest BCUT2D eigenvalue weighted by atomic mass is 10.1. The highest BCUT2D eigenvalue weighted by atomic mass is 16.3. The number of rotatable bonds is 7. The topological polar surface area (TPSA) is 79.2 Å². The molecule has 2 rings (SSSR count). The third-order valence-electron chi connectivity index (χ3n) is 3.23. The molecule has 0 spiro atoms. The van der Waals surface area contributed by atoms with Crippen LogP contribution in [0.5, 0.6) is 0 Å². The van der Waals surface area contributed by atoms with Crippen LogP contribution in [0.2, 0.25) is 0 Å². The average Bonchev–Trinajstić information content (AvgIpc) is 2.95. The zero-order chi connectivity index (χ0) is 15.8. The second-order valence-corrected chi connectivity index (χ2v) is 5.09. The predicted molar refractivity (Wildman–Crippen MR) is 85.6 cm³/mol. The molecule has 1 heterocycles. The molecule has 6 nitrogen and oxygen atoms in total. The quantitative estimate of drug-likeness (QED) is 0.735. The molecule has 0 saturated carbocycles. The fraction of sp³-hybridized carbons (Fsp3) is 0.375. The van der Waals surface area contributed by atoms with Crippen LogP contribution in [-0.4, -0.2) is 27.5 Å². The van der Waals surface area contributed by atoms with Crippen molar-refractivity contribution in [1.29, 1.82) is 0 Å². The largest absolute Gasteiger partial charge is 0.388 e. The number of hydrogen-bond acceptors (Lipinski definition) is 3. The number of aliphatic hydroxyl groups is 1. The molecule has 1 aromatic carbocycles. The van der Waals surface area contributed by atoms with Crippen molar-refractivity contribution in [1.82, 2.24) is 15.1 Å². The molecule has 3 N–H and O–H groups in total. The molecular formula is C16H22N4O2. The van der Waals surface area contributed by atoms with E-state index in [0.717, 1.165) is 18.5 Å². The van der Waals surface area contributed by atoms with Crippen LogP contribution < -0.4 is 10.6 Å². The minimum Gasteiger partial charge on any atom is -0.388 e. The second kappa shape index (κ2) is 8.19. The molecule has 6 heteroatoms. The normalized spacial score (nSPS) is 11.9. The highest BCUT2D eigenvalue weighted by Crippen LogP contribution is 2.14. The molecule has 1 aromatic heterocycles. The van der Waals surface area contributed by atoms with E-state index in [-0.39, 0.29) is 6.03 Å². The van der Waals surface area contributed by atoms with Gasteiger partial charge in [-0.1, -0.05) is 37.3 Å². The monoisotopic (exact) mass is 302 g/mol. The van der Waals surface area contributed by atoms with Gasteiger partial charge < -0.3 is 15.7 Å². The lowest BCUT2D eigenvalue weighted by Gasteiger charge is -2.11. The van der Waals surface area contributed by atoms with Crippen LogP contribution in [0, 0.1) is 0 Å². The Labute approximate surface area is 130 Å². The maximum Gasteiger partial charge on any atom is 0.319 e. The Hall–Kier alpha value is -2.34. The van der Waals surface area contributed by atoms with Gasteiger partial charge in [0, 0.05) is 19.3 Å². The van der Waals surface area contributed by atoms with Gasteiger partial charge in [0.1, 0.15) is 0 Å². The van der Waals surface area contributed by atoms with Gasteiger partial charge in [0.05, 0.1) is 18.0 Å². The lowest BCUT2D eigenvalue weighted by Crippen LogP contribution is -2.30. The average molecular weight is 302 g/mol. The van der Waals surface area contributed by atoms with Gasteiger partial charge >= 0.3 is 6.03 Å². The van der Waals surface area contributed by atoms with Crippen molar-refractivity contribution < 1.29 is 9.90 Å². The van der Waals surface area contributed by atoms with E-state index in [0.29, 0.717) is 18.7 Å². The molecule has 0 aliphatic carbocycles. The summed E-state index contributed by atoms with van der Waals surface area (Å²) in [5.41, 5.74) is 1.51. The van der Waals surface area contributed by atoms with Crippen LogP contribution in [0.15, 0.2) is 42.7 Å². The van der Waals surface area contributed by atoms with Crippen LogP contribution in [0.3, 0.4) is 0 Å². The number of anilines is 1. The summed E-state index contributed by atoms with van der Waals surface area (Å²) in [6.45, 7) is 3.29. The first-order valence-electron chi connectivity index (χ1n) is 7.49. The van der Waals surface area contributed by atoms with E-state index in [1.165, 1.54) is 0 Å². The van der Waals surface area contributed by atoms with Crippen molar-refractivity contribution in [3.8, 4) is 0 Å². The maximum absolute atomic E-state index is 11.8. The second-order valence-electron chi connectivity index (χ2n) is 5.09. The first-order valence-corrected chi connectivity index (χ1v) is 7.49. The SMILES string of the molecule is CCCn1cc(NC(=O)NCCC(O)c2ccccc2)cn1. The third-order valence-corrected chi connectivity index (χ3v) is 3.23. The van der Waals surface area contributed by atoms with Crippen LogP contribution in [-0.2, 0) is 6.54 Å². The predicted octanol–water partition coefficient (Wildman–Crippen LogP) is 2.54. The van der Waals surface area contributed by atoms with Crippen molar-refractivity contribution >= 4 is 11.7 Å². The first kappa shape index (κ1) is 16.0. The van der Waals surface area contributed by atoms with Gasteiger partial charge in [-0.15, -0.1) is 0 Å². The molecule has 0 saturated heterocycles. The minimum absolute atomic E-state index is 0.295. The van der Waals surface area contributed by atoms with Crippen LogP contribution in [0.25, 0.3) is 0 Å². The van der Waals surface area contributed by atoms with Crippen molar-refractivity contribution in [3.63, 3.8) is 0 Å². The third kappa shape index (κ3) is 4.89. The van der Waals surface area contributed by atoms with Crippen LogP contribution in [0.4, 0.5) is 10.5 Å². The van der Waals surface area contributed by atoms with E-state index in [2.05, 4.69) is 22.7 Å². The molecule has 2 amide bonds. The number of hydrogen-bond donors (Lipinski definition) is 3. The number of carbonyl (C=O) groups is 1. The maximum atomic E-state index is 11.8. The first-order chi connectivity index (χ1) is 10.7. The Bertz CT molecular complexity index is 583. The smallest absolute Gasteiger partial charge is 0.319 e. The van der Waals surface area contributed by atoms with E-state index in [9.17, 15) is 9.90 Å². The van der Waals surface area contributed by atoms with Crippen molar-refractivity contribution in [2.75, 3.05) is 11.9 Å². The summed E-state index contributed by atoms with van der Waals surface area (Å²) in [4.78, 5) is 11.8. The van der Waals surface area contributed by atoms with Crippen LogP contribution in [0.1, 0.15) is 31.4 Å². The minimum atomic E-state index is -0.575. The van der Waals surface area contributed by atoms with E-state index in [4.69, 9.17) is 0 Å². The molecule has 0 bridgehead atoms. The number of benzene rings is 1. The van der Waals surface area contributed by atoms with E-state index >= 15 is 0 Å². The number of aromatic nitrogens is 2. The highest BCUT2D eigenvalue weighted by Gasteiger charge is 2.08. The number of aliphatic hydroxyl groups excluding tert-OH is 1. The molecule has 118 valence electrons. The summed E-state index contributed by atoms with van der Waals surface area (Å²) < 4.78 is 1.79. The zero-order valence-electron chi connectivity index (χ0n) is 12.7. The molecule has 0 radical (unpaired) electrons. The lowest BCUT2D eigenvalue weighted by molar-refractivity contribution is 0.167. The number of aryl methyl sites for hydroxylation is 1. The van der Waals surface area contributed by atoms with Gasteiger partial charge in [-0.05, 0) is 18.4 Å². The summed E-state index contributed by atoms with van der Waals surface area (Å²) in [6.07, 6.45) is 4.29. The number of nitrogens with one attached hydrogen (secondary N) is 2. The summed E-state index contributed by atoms with van der Waals surface area (Å²) in [5, 5.41) is 19.6. The van der Waals surface area contributed by atoms with Crippen LogP contribution >= 0.6 is 0 Å². The summed E-state index contributed by atoms with van der Waals surface area (Å²) in [5.74, 6) is 0. The summed E-state index contributed by atoms with van der Waals surface area (Å²) in [7, 11) is 0. The van der Waals surface area contributed by atoms with E-state index in [1.807, 2.05) is 30.3 Å². The Morgan fingerprint density at radius 2 is 2.14 bits per heavy atom. The molecule has 1 unspecified atom stereocenters. The Kier molecular flexibility index (Phi) is 5.97. The summed E-state index contributed by atoms with van der Waals surface area (Å²) in [6, 6.07) is 9.11. The van der Waals surface area contributed by atoms with Gasteiger partial charge in [-0.3, -0.25) is 4.68 Å². The molecule has 1 atom stereocenters. The summed E-state index contributed by atoms with van der Waals surface area (Å²) >= 11 is 0. The molecule has 0 aliphatic heterocycles. The fourth-order valence-electron chi connectivity index (χ4n) is 2.12. The fourth-order valence-corrected chi connectivity index (χ4v) is 2.12. The number of carbonyl (C=O) groups excluding carboxylic acids is 1. The van der Waals surface area contributed by atoms with Gasteiger partial charge in [0.25, 0.3) is 0 Å². The molecule has 2 aromatic rings. The number of nitrogens with zero attached hydrogens (tertiary/aromatic N) is 2. The van der Waals surface area contributed by atoms with Crippen molar-refractivity contribution in [3.05, 3.63) is 48.3 Å². The Balaban J connectivity index is 1.71.